The van der Waals surface area contributed by atoms with Crippen LogP contribution < -0.4 is 0 Å². The molecule has 0 saturated carbocycles. The van der Waals surface area contributed by atoms with Crippen LogP contribution in [0.5, 0.6) is 0 Å². The average Bonchev–Trinajstić information content (AvgIpc) is 2.34. The molecule has 0 aliphatic carbocycles. The number of hydrogen-bond acceptors (Lipinski definition) is 3. The molecule has 0 bridgehead atoms. The predicted octanol–water partition coefficient (Wildman–Crippen LogP) is 0.719. The zero-order chi connectivity index (χ0) is 8.27. The number of aldehydes is 1. The third kappa shape index (κ3) is 1.93. The van der Waals surface area contributed by atoms with Crippen LogP contribution in [0.2, 0.25) is 0 Å². The van der Waals surface area contributed by atoms with E-state index in [0.717, 1.165) is 0 Å². The molecule has 0 saturated heterocycles. The maximum absolute atomic E-state index is 10.1. The number of carboxylic acid groups (broad SMARTS) is 1. The molecule has 11 heavy (non-hydrogen) atoms. The van der Waals surface area contributed by atoms with E-state index in [2.05, 4.69) is 0 Å². The van der Waals surface area contributed by atoms with Gasteiger partial charge < -0.3 is 9.52 Å². The molecule has 0 aromatic carbocycles. The van der Waals surface area contributed by atoms with Gasteiger partial charge in [0.25, 0.3) is 0 Å². The van der Waals surface area contributed by atoms with Crippen LogP contribution in [0.25, 0.3) is 0 Å². The summed E-state index contributed by atoms with van der Waals surface area (Å²) in [5.74, 6) is -0.684. The van der Waals surface area contributed by atoms with E-state index < -0.39 is 5.97 Å². The lowest BCUT2D eigenvalue weighted by Crippen LogP contribution is -1.97. The molecule has 0 aliphatic rings. The first-order valence-corrected chi connectivity index (χ1v) is 2.97. The fraction of sp³-hybridized carbons (Fsp3) is 0.143. The summed E-state index contributed by atoms with van der Waals surface area (Å²) >= 11 is 0. The second kappa shape index (κ2) is 3.01. The quantitative estimate of drug-likeness (QED) is 0.651. The van der Waals surface area contributed by atoms with Crippen molar-refractivity contribution >= 4 is 12.3 Å². The number of aliphatic carboxylic acids is 1. The van der Waals surface area contributed by atoms with Gasteiger partial charge in [0.1, 0.15) is 18.4 Å². The van der Waals surface area contributed by atoms with Crippen LogP contribution in [-0.2, 0) is 11.2 Å². The molecule has 1 N–H and O–H groups in total. The van der Waals surface area contributed by atoms with Gasteiger partial charge in [-0.15, -0.1) is 0 Å². The molecule has 0 aliphatic heterocycles. The van der Waals surface area contributed by atoms with Gasteiger partial charge in [0.15, 0.2) is 6.29 Å². The van der Waals surface area contributed by atoms with Crippen molar-refractivity contribution in [1.29, 1.82) is 0 Å². The maximum atomic E-state index is 10.1. The molecule has 1 aromatic rings. The minimum absolute atomic E-state index is 0.187. The molecular weight excluding hydrogens is 148 g/mol. The molecule has 1 aromatic heterocycles. The normalized spacial score (nSPS) is 9.45. The Balaban J connectivity index is 2.72. The summed E-state index contributed by atoms with van der Waals surface area (Å²) in [4.78, 5) is 20.2. The summed E-state index contributed by atoms with van der Waals surface area (Å²) in [5.41, 5.74) is 0.362. The lowest BCUT2D eigenvalue weighted by molar-refractivity contribution is -0.136. The Morgan fingerprint density at radius 2 is 2.45 bits per heavy atom. The van der Waals surface area contributed by atoms with E-state index in [1.165, 1.54) is 12.3 Å². The Kier molecular flexibility index (Phi) is 2.06. The highest BCUT2D eigenvalue weighted by molar-refractivity contribution is 5.75. The smallest absolute Gasteiger partial charge is 0.311 e. The van der Waals surface area contributed by atoms with Crippen molar-refractivity contribution in [2.24, 2.45) is 0 Å². The highest BCUT2D eigenvalue weighted by atomic mass is 16.4. The van der Waals surface area contributed by atoms with E-state index in [-0.39, 0.29) is 6.42 Å². The number of rotatable bonds is 3. The number of carbonyl (C=O) groups excluding carboxylic acids is 1. The number of carbonyl (C=O) groups is 2. The summed E-state index contributed by atoms with van der Waals surface area (Å²) < 4.78 is 4.75. The van der Waals surface area contributed by atoms with Gasteiger partial charge in [-0.25, -0.2) is 0 Å². The topological polar surface area (TPSA) is 67.5 Å². The Morgan fingerprint density at radius 1 is 1.73 bits per heavy atom. The monoisotopic (exact) mass is 154 g/mol. The number of hydrogen-bond donors (Lipinski definition) is 1. The van der Waals surface area contributed by atoms with Crippen molar-refractivity contribution in [2.45, 2.75) is 6.42 Å². The van der Waals surface area contributed by atoms with Crippen LogP contribution >= 0.6 is 0 Å². The van der Waals surface area contributed by atoms with Gasteiger partial charge in [0.05, 0.1) is 5.56 Å². The van der Waals surface area contributed by atoms with Crippen molar-refractivity contribution in [3.63, 3.8) is 0 Å². The number of carboxylic acids is 1. The van der Waals surface area contributed by atoms with Crippen LogP contribution in [0.15, 0.2) is 16.7 Å². The molecule has 4 heteroatoms. The summed E-state index contributed by atoms with van der Waals surface area (Å²) in [6.07, 6.45) is 1.65. The van der Waals surface area contributed by atoms with Crippen LogP contribution in [0.3, 0.4) is 0 Å². The Morgan fingerprint density at radius 3 is 2.91 bits per heavy atom. The van der Waals surface area contributed by atoms with Crippen molar-refractivity contribution in [1.82, 2.24) is 0 Å². The maximum Gasteiger partial charge on any atom is 0.311 e. The number of furan rings is 1. The average molecular weight is 154 g/mol. The van der Waals surface area contributed by atoms with Gasteiger partial charge in [-0.3, -0.25) is 9.59 Å². The molecular formula is C7H6O4. The molecule has 0 radical (unpaired) electrons. The highest BCUT2D eigenvalue weighted by Crippen LogP contribution is 2.05. The van der Waals surface area contributed by atoms with E-state index in [1.807, 2.05) is 0 Å². The molecule has 1 rings (SSSR count). The van der Waals surface area contributed by atoms with Gasteiger partial charge in [-0.1, -0.05) is 0 Å². The second-order valence-electron chi connectivity index (χ2n) is 2.03. The van der Waals surface area contributed by atoms with Gasteiger partial charge >= 0.3 is 5.97 Å². The van der Waals surface area contributed by atoms with Gasteiger partial charge in [0.2, 0.25) is 0 Å². The summed E-state index contributed by atoms with van der Waals surface area (Å²) in [7, 11) is 0. The molecule has 1 heterocycles. The molecule has 58 valence electrons. The van der Waals surface area contributed by atoms with Crippen molar-refractivity contribution < 1.29 is 19.1 Å². The largest absolute Gasteiger partial charge is 0.481 e. The van der Waals surface area contributed by atoms with Gasteiger partial charge in [0, 0.05) is 0 Å². The lowest BCUT2D eigenvalue weighted by Gasteiger charge is -1.85. The molecule has 0 spiro atoms. The van der Waals surface area contributed by atoms with Crippen LogP contribution in [0.1, 0.15) is 16.1 Å². The first-order chi connectivity index (χ1) is 5.22. The van der Waals surface area contributed by atoms with E-state index in [0.29, 0.717) is 17.6 Å². The molecule has 0 amide bonds. The summed E-state index contributed by atoms with van der Waals surface area (Å²) in [6, 6.07) is 1.40. The highest BCUT2D eigenvalue weighted by Gasteiger charge is 2.04. The summed E-state index contributed by atoms with van der Waals surface area (Å²) in [6.45, 7) is 0. The Labute approximate surface area is 62.4 Å². The molecule has 0 atom stereocenters. The Hall–Kier alpha value is -1.58. The standard InChI is InChI=1S/C7H6O4/c8-3-5-1-6(11-4-5)2-7(9)10/h1,3-4H,2H2,(H,9,10). The third-order valence-electron chi connectivity index (χ3n) is 1.14. The first-order valence-electron chi connectivity index (χ1n) is 2.97. The SMILES string of the molecule is O=Cc1coc(CC(=O)O)c1. The van der Waals surface area contributed by atoms with Crippen molar-refractivity contribution in [3.8, 4) is 0 Å². The fourth-order valence-electron chi connectivity index (χ4n) is 0.701. The van der Waals surface area contributed by atoms with E-state index >= 15 is 0 Å². The third-order valence-corrected chi connectivity index (χ3v) is 1.14. The van der Waals surface area contributed by atoms with E-state index in [1.54, 1.807) is 0 Å². The molecule has 4 nitrogen and oxygen atoms in total. The van der Waals surface area contributed by atoms with Gasteiger partial charge in [-0.2, -0.15) is 0 Å². The molecule has 0 unspecified atom stereocenters. The minimum Gasteiger partial charge on any atom is -0.481 e. The van der Waals surface area contributed by atoms with Gasteiger partial charge in [-0.05, 0) is 6.07 Å². The van der Waals surface area contributed by atoms with Crippen LogP contribution in [0, 0.1) is 0 Å². The van der Waals surface area contributed by atoms with Crippen LogP contribution in [0.4, 0.5) is 0 Å². The fourth-order valence-corrected chi connectivity index (χ4v) is 0.701. The predicted molar refractivity (Wildman–Crippen MR) is 35.4 cm³/mol. The van der Waals surface area contributed by atoms with Crippen molar-refractivity contribution in [3.05, 3.63) is 23.7 Å². The second-order valence-corrected chi connectivity index (χ2v) is 2.03. The van der Waals surface area contributed by atoms with E-state index in [4.69, 9.17) is 9.52 Å². The minimum atomic E-state index is -0.975. The van der Waals surface area contributed by atoms with E-state index in [9.17, 15) is 9.59 Å². The zero-order valence-electron chi connectivity index (χ0n) is 5.61. The Bertz CT molecular complexity index is 274. The summed E-state index contributed by atoms with van der Waals surface area (Å²) in [5, 5.41) is 8.30. The molecule has 0 fully saturated rings. The lowest BCUT2D eigenvalue weighted by atomic mass is 10.3. The van der Waals surface area contributed by atoms with Crippen molar-refractivity contribution in [2.75, 3.05) is 0 Å². The first kappa shape index (κ1) is 7.53. The van der Waals surface area contributed by atoms with Crippen LogP contribution in [-0.4, -0.2) is 17.4 Å². The zero-order valence-corrected chi connectivity index (χ0v) is 5.61.